The van der Waals surface area contributed by atoms with E-state index in [1.807, 2.05) is 36.5 Å². The van der Waals surface area contributed by atoms with Crippen LogP contribution < -0.4 is 5.32 Å². The summed E-state index contributed by atoms with van der Waals surface area (Å²) in [6.07, 6.45) is 2.17. The van der Waals surface area contributed by atoms with Gasteiger partial charge in [-0.1, -0.05) is 18.2 Å². The van der Waals surface area contributed by atoms with Crippen molar-refractivity contribution in [3.63, 3.8) is 0 Å². The monoisotopic (exact) mass is 479 g/mol. The lowest BCUT2D eigenvalue weighted by Crippen LogP contribution is -2.56. The standard InChI is InChI=1S/C24H25N5O4S/c1-17(30)27-23(14-19-16-26-22-5-3-2-4-21(19)22)24(31)28-10-12-29(13-11-28)34(32,33)20-8-6-18(15-25)7-9-20/h2-9,16,23,26H,10-14H2,1H3,(H,27,30)/t23-/m0/s1. The molecule has 0 saturated carbocycles. The van der Waals surface area contributed by atoms with Crippen molar-refractivity contribution >= 4 is 32.7 Å². The number of aromatic nitrogens is 1. The Labute approximate surface area is 198 Å². The summed E-state index contributed by atoms with van der Waals surface area (Å²) in [7, 11) is -3.73. The lowest BCUT2D eigenvalue weighted by atomic mass is 10.0. The minimum Gasteiger partial charge on any atom is -0.361 e. The van der Waals surface area contributed by atoms with Gasteiger partial charge < -0.3 is 15.2 Å². The molecule has 1 aromatic heterocycles. The molecule has 10 heteroatoms. The Morgan fingerprint density at radius 1 is 1.09 bits per heavy atom. The zero-order valence-corrected chi connectivity index (χ0v) is 19.5. The number of aromatic amines is 1. The van der Waals surface area contributed by atoms with Gasteiger partial charge in [0, 0.05) is 56.6 Å². The Morgan fingerprint density at radius 2 is 1.76 bits per heavy atom. The summed E-state index contributed by atoms with van der Waals surface area (Å²) in [6.45, 7) is 2.11. The number of sulfonamides is 1. The molecule has 0 radical (unpaired) electrons. The highest BCUT2D eigenvalue weighted by Gasteiger charge is 2.33. The smallest absolute Gasteiger partial charge is 0.245 e. The maximum absolute atomic E-state index is 13.3. The van der Waals surface area contributed by atoms with Gasteiger partial charge in [-0.05, 0) is 35.9 Å². The Kier molecular flexibility index (Phi) is 6.68. The van der Waals surface area contributed by atoms with Gasteiger partial charge in [0.15, 0.2) is 0 Å². The van der Waals surface area contributed by atoms with Crippen molar-refractivity contribution in [2.45, 2.75) is 24.3 Å². The number of piperazine rings is 1. The van der Waals surface area contributed by atoms with E-state index in [1.54, 1.807) is 4.90 Å². The first-order chi connectivity index (χ1) is 16.3. The molecular formula is C24H25N5O4S. The summed E-state index contributed by atoms with van der Waals surface area (Å²) in [4.78, 5) is 30.0. The zero-order chi connectivity index (χ0) is 24.3. The first kappa shape index (κ1) is 23.5. The van der Waals surface area contributed by atoms with E-state index in [1.165, 1.54) is 35.5 Å². The van der Waals surface area contributed by atoms with Crippen LogP contribution in [-0.4, -0.2) is 66.6 Å². The molecule has 4 rings (SSSR count). The third-order valence-electron chi connectivity index (χ3n) is 5.95. The third-order valence-corrected chi connectivity index (χ3v) is 7.86. The summed E-state index contributed by atoms with van der Waals surface area (Å²) >= 11 is 0. The average molecular weight is 480 g/mol. The Balaban J connectivity index is 1.45. The normalized spacial score (nSPS) is 15.6. The predicted molar refractivity (Wildman–Crippen MR) is 126 cm³/mol. The maximum atomic E-state index is 13.3. The third kappa shape index (κ3) is 4.81. The number of rotatable bonds is 6. The van der Waals surface area contributed by atoms with Crippen molar-refractivity contribution in [1.29, 1.82) is 5.26 Å². The molecule has 2 heterocycles. The molecule has 2 aromatic carbocycles. The van der Waals surface area contributed by atoms with Crippen molar-refractivity contribution in [2.24, 2.45) is 0 Å². The van der Waals surface area contributed by atoms with Crippen LogP contribution in [0.5, 0.6) is 0 Å². The van der Waals surface area contributed by atoms with E-state index < -0.39 is 16.1 Å². The number of benzene rings is 2. The first-order valence-corrected chi connectivity index (χ1v) is 12.3. The van der Waals surface area contributed by atoms with Crippen molar-refractivity contribution in [3.05, 3.63) is 65.9 Å². The number of hydrogen-bond donors (Lipinski definition) is 2. The number of hydrogen-bond acceptors (Lipinski definition) is 5. The molecule has 2 N–H and O–H groups in total. The number of carbonyl (C=O) groups is 2. The average Bonchev–Trinajstić information content (AvgIpc) is 3.26. The molecule has 1 fully saturated rings. The molecule has 0 aliphatic carbocycles. The van der Waals surface area contributed by atoms with Crippen LogP contribution >= 0.6 is 0 Å². The first-order valence-electron chi connectivity index (χ1n) is 10.9. The van der Waals surface area contributed by atoms with Crippen LogP contribution in [0.1, 0.15) is 18.1 Å². The second kappa shape index (κ2) is 9.67. The van der Waals surface area contributed by atoms with Crippen LogP contribution in [0.4, 0.5) is 0 Å². The van der Waals surface area contributed by atoms with Gasteiger partial charge in [0.05, 0.1) is 16.5 Å². The fourth-order valence-corrected chi connectivity index (χ4v) is 5.61. The van der Waals surface area contributed by atoms with Gasteiger partial charge in [-0.15, -0.1) is 0 Å². The van der Waals surface area contributed by atoms with E-state index in [2.05, 4.69) is 10.3 Å². The van der Waals surface area contributed by atoms with E-state index in [4.69, 9.17) is 5.26 Å². The molecule has 176 valence electrons. The minimum absolute atomic E-state index is 0.113. The largest absolute Gasteiger partial charge is 0.361 e. The highest BCUT2D eigenvalue weighted by atomic mass is 32.2. The molecular weight excluding hydrogens is 454 g/mol. The van der Waals surface area contributed by atoms with E-state index >= 15 is 0 Å². The molecule has 0 unspecified atom stereocenters. The number of carbonyl (C=O) groups excluding carboxylic acids is 2. The van der Waals surface area contributed by atoms with Crippen molar-refractivity contribution in [2.75, 3.05) is 26.2 Å². The van der Waals surface area contributed by atoms with Crippen LogP contribution in [-0.2, 0) is 26.0 Å². The Hall–Kier alpha value is -3.68. The number of H-pyrrole nitrogens is 1. The molecule has 2 amide bonds. The number of amides is 2. The molecule has 1 aliphatic heterocycles. The van der Waals surface area contributed by atoms with E-state index in [0.29, 0.717) is 12.0 Å². The fourth-order valence-electron chi connectivity index (χ4n) is 4.19. The van der Waals surface area contributed by atoms with Gasteiger partial charge in [-0.25, -0.2) is 8.42 Å². The molecule has 9 nitrogen and oxygen atoms in total. The van der Waals surface area contributed by atoms with Gasteiger partial charge >= 0.3 is 0 Å². The number of para-hydroxylation sites is 1. The van der Waals surface area contributed by atoms with E-state index in [9.17, 15) is 18.0 Å². The van der Waals surface area contributed by atoms with Crippen LogP contribution in [0.3, 0.4) is 0 Å². The van der Waals surface area contributed by atoms with Crippen LogP contribution in [0.2, 0.25) is 0 Å². The highest BCUT2D eigenvalue weighted by Crippen LogP contribution is 2.21. The minimum atomic E-state index is -3.73. The Morgan fingerprint density at radius 3 is 2.41 bits per heavy atom. The number of nitriles is 1. The van der Waals surface area contributed by atoms with Crippen molar-refractivity contribution < 1.29 is 18.0 Å². The summed E-state index contributed by atoms with van der Waals surface area (Å²) < 4.78 is 27.3. The van der Waals surface area contributed by atoms with Crippen LogP contribution in [0.15, 0.2) is 59.6 Å². The summed E-state index contributed by atoms with van der Waals surface area (Å²) in [5.74, 6) is -0.545. The van der Waals surface area contributed by atoms with Crippen LogP contribution in [0, 0.1) is 11.3 Å². The summed E-state index contributed by atoms with van der Waals surface area (Å²) in [6, 6.07) is 14.7. The summed E-state index contributed by atoms with van der Waals surface area (Å²) in [5, 5.41) is 12.7. The second-order valence-corrected chi connectivity index (χ2v) is 10.1. The highest BCUT2D eigenvalue weighted by molar-refractivity contribution is 7.89. The van der Waals surface area contributed by atoms with E-state index in [0.717, 1.165) is 16.5 Å². The fraction of sp³-hybridized carbons (Fsp3) is 0.292. The SMILES string of the molecule is CC(=O)N[C@@H](Cc1c[nH]c2ccccc12)C(=O)N1CCN(S(=O)(=O)c2ccc(C#N)cc2)CC1. The maximum Gasteiger partial charge on any atom is 0.245 e. The molecule has 1 aliphatic rings. The van der Waals surface area contributed by atoms with Gasteiger partial charge in [0.1, 0.15) is 6.04 Å². The lowest BCUT2D eigenvalue weighted by Gasteiger charge is -2.35. The molecule has 0 spiro atoms. The van der Waals surface area contributed by atoms with Crippen molar-refractivity contribution in [3.8, 4) is 6.07 Å². The number of fused-ring (bicyclic) bond motifs is 1. The lowest BCUT2D eigenvalue weighted by molar-refractivity contribution is -0.137. The second-order valence-electron chi connectivity index (χ2n) is 8.18. The zero-order valence-electron chi connectivity index (χ0n) is 18.7. The molecule has 1 atom stereocenters. The molecule has 3 aromatic rings. The molecule has 0 bridgehead atoms. The van der Waals surface area contributed by atoms with Gasteiger partial charge in [-0.2, -0.15) is 9.57 Å². The van der Waals surface area contributed by atoms with Gasteiger partial charge in [0.25, 0.3) is 0 Å². The summed E-state index contributed by atoms with van der Waals surface area (Å²) in [5.41, 5.74) is 2.26. The van der Waals surface area contributed by atoms with E-state index in [-0.39, 0.29) is 42.9 Å². The van der Waals surface area contributed by atoms with Crippen LogP contribution in [0.25, 0.3) is 10.9 Å². The van der Waals surface area contributed by atoms with Crippen molar-refractivity contribution in [1.82, 2.24) is 19.5 Å². The quantitative estimate of drug-likeness (QED) is 0.556. The number of nitrogens with one attached hydrogen (secondary N) is 2. The predicted octanol–water partition coefficient (Wildman–Crippen LogP) is 1.62. The molecule has 1 saturated heterocycles. The van der Waals surface area contributed by atoms with Gasteiger partial charge in [-0.3, -0.25) is 9.59 Å². The topological polar surface area (TPSA) is 126 Å². The van der Waals surface area contributed by atoms with Gasteiger partial charge in [0.2, 0.25) is 21.8 Å². The molecule has 34 heavy (non-hydrogen) atoms. The number of nitrogens with zero attached hydrogens (tertiary/aromatic N) is 3. The Bertz CT molecular complexity index is 1350.